The van der Waals surface area contributed by atoms with E-state index in [0.29, 0.717) is 0 Å². The Balaban J connectivity index is 2.83. The zero-order valence-corrected chi connectivity index (χ0v) is 7.17. The minimum Gasteiger partial charge on any atom is -0.235 e. The molecule has 2 heterocycles. The molecule has 0 saturated heterocycles. The van der Waals surface area contributed by atoms with E-state index in [1.807, 2.05) is 12.1 Å². The molecule has 2 aromatic rings. The Kier molecular flexibility index (Phi) is 1.58. The molecule has 11 heavy (non-hydrogen) atoms. The first kappa shape index (κ1) is 6.73. The molecule has 2 rings (SSSR count). The maximum Gasteiger partial charge on any atom is 0.159 e. The van der Waals surface area contributed by atoms with Crippen molar-refractivity contribution in [1.29, 1.82) is 0 Å². The summed E-state index contributed by atoms with van der Waals surface area (Å²) in [6.07, 6.45) is 4.45. The highest BCUT2D eigenvalue weighted by molar-refractivity contribution is 9.10. The summed E-state index contributed by atoms with van der Waals surface area (Å²) >= 11 is 3.33. The molecule has 0 saturated carbocycles. The fourth-order valence-electron chi connectivity index (χ4n) is 0.889. The number of hydrogen-bond acceptors (Lipinski definition) is 2. The first-order valence-corrected chi connectivity index (χ1v) is 3.94. The minimum atomic E-state index is 0.732. The molecule has 2 aromatic heterocycles. The maximum absolute atomic E-state index is 4.09. The number of hydrogen-bond donors (Lipinski definition) is 0. The molecule has 0 unspecified atom stereocenters. The third kappa shape index (κ3) is 1.24. The summed E-state index contributed by atoms with van der Waals surface area (Å²) in [6.45, 7) is 0. The molecule has 0 bridgehead atoms. The van der Waals surface area contributed by atoms with Crippen LogP contribution in [0.1, 0.15) is 0 Å². The molecule has 0 spiro atoms. The van der Waals surface area contributed by atoms with Crippen LogP contribution in [0.15, 0.2) is 28.9 Å². The lowest BCUT2D eigenvalue weighted by Gasteiger charge is -1.93. The van der Waals surface area contributed by atoms with Crippen molar-refractivity contribution in [2.45, 2.75) is 0 Å². The zero-order chi connectivity index (χ0) is 7.68. The lowest BCUT2D eigenvalue weighted by molar-refractivity contribution is 1.27. The lowest BCUT2D eigenvalue weighted by atomic mass is 10.3. The highest BCUT2D eigenvalue weighted by Crippen LogP contribution is 2.13. The molecule has 2 nitrogen and oxygen atoms in total. The van der Waals surface area contributed by atoms with E-state index in [2.05, 4.69) is 32.1 Å². The second-order valence-corrected chi connectivity index (χ2v) is 3.06. The van der Waals surface area contributed by atoms with Crippen molar-refractivity contribution in [3.8, 4) is 0 Å². The van der Waals surface area contributed by atoms with Crippen LogP contribution in [0.5, 0.6) is 0 Å². The van der Waals surface area contributed by atoms with Crippen LogP contribution in [-0.2, 0) is 0 Å². The number of rotatable bonds is 0. The van der Waals surface area contributed by atoms with Crippen LogP contribution in [0, 0.1) is 6.20 Å². The van der Waals surface area contributed by atoms with Crippen LogP contribution in [0.2, 0.25) is 0 Å². The average molecular weight is 208 g/mol. The molecule has 0 amide bonds. The van der Waals surface area contributed by atoms with E-state index in [-0.39, 0.29) is 0 Å². The van der Waals surface area contributed by atoms with Crippen molar-refractivity contribution in [3.63, 3.8) is 0 Å². The van der Waals surface area contributed by atoms with Crippen molar-refractivity contribution in [3.05, 3.63) is 35.1 Å². The van der Waals surface area contributed by atoms with Crippen molar-refractivity contribution >= 4 is 27.0 Å². The van der Waals surface area contributed by atoms with E-state index < -0.39 is 0 Å². The van der Waals surface area contributed by atoms with Gasteiger partial charge in [0.1, 0.15) is 0 Å². The molecule has 0 fully saturated rings. The van der Waals surface area contributed by atoms with Gasteiger partial charge in [-0.2, -0.15) is 0 Å². The van der Waals surface area contributed by atoms with Gasteiger partial charge < -0.3 is 0 Å². The quantitative estimate of drug-likeness (QED) is 0.663. The highest BCUT2D eigenvalue weighted by atomic mass is 79.9. The summed E-state index contributed by atoms with van der Waals surface area (Å²) in [7, 11) is 0. The van der Waals surface area contributed by atoms with E-state index in [1.54, 1.807) is 12.3 Å². The fourth-order valence-corrected chi connectivity index (χ4v) is 1.24. The van der Waals surface area contributed by atoms with Crippen LogP contribution in [0.3, 0.4) is 0 Å². The number of halogens is 1. The number of fused-ring (bicyclic) bond motifs is 1. The zero-order valence-electron chi connectivity index (χ0n) is 5.58. The van der Waals surface area contributed by atoms with Crippen LogP contribution in [0.25, 0.3) is 11.0 Å². The molecule has 3 heteroatoms. The Morgan fingerprint density at radius 2 is 2.36 bits per heavy atom. The monoisotopic (exact) mass is 207 g/mol. The van der Waals surface area contributed by atoms with Crippen LogP contribution in [0.4, 0.5) is 0 Å². The predicted molar refractivity (Wildman–Crippen MR) is 46.1 cm³/mol. The molecule has 0 N–H and O–H groups in total. The van der Waals surface area contributed by atoms with E-state index in [0.717, 1.165) is 15.5 Å². The van der Waals surface area contributed by atoms with E-state index >= 15 is 0 Å². The lowest BCUT2D eigenvalue weighted by Crippen LogP contribution is -1.81. The number of nitrogens with zero attached hydrogens (tertiary/aromatic N) is 2. The third-order valence-corrected chi connectivity index (χ3v) is 1.80. The number of pyridine rings is 2. The second kappa shape index (κ2) is 2.58. The summed E-state index contributed by atoms with van der Waals surface area (Å²) < 4.78 is 0.970. The van der Waals surface area contributed by atoms with Gasteiger partial charge in [0.2, 0.25) is 0 Å². The SMILES string of the molecule is Brc1cnc2n[c]ccc2c1. The van der Waals surface area contributed by atoms with E-state index in [9.17, 15) is 0 Å². The summed E-state index contributed by atoms with van der Waals surface area (Å²) in [6, 6.07) is 5.68. The van der Waals surface area contributed by atoms with Gasteiger partial charge in [-0.05, 0) is 34.1 Å². The van der Waals surface area contributed by atoms with Gasteiger partial charge in [0.05, 0.1) is 6.20 Å². The van der Waals surface area contributed by atoms with Gasteiger partial charge in [0.15, 0.2) is 5.65 Å². The van der Waals surface area contributed by atoms with Crippen LogP contribution in [-0.4, -0.2) is 9.97 Å². The van der Waals surface area contributed by atoms with Gasteiger partial charge in [-0.25, -0.2) is 9.97 Å². The second-order valence-electron chi connectivity index (χ2n) is 2.14. The van der Waals surface area contributed by atoms with Gasteiger partial charge >= 0.3 is 0 Å². The fraction of sp³-hybridized carbons (Fsp3) is 0. The average Bonchev–Trinajstić information content (AvgIpc) is 2.04. The normalized spacial score (nSPS) is 10.3. The summed E-state index contributed by atoms with van der Waals surface area (Å²) in [4.78, 5) is 8.06. The molecule has 0 aliphatic rings. The largest absolute Gasteiger partial charge is 0.235 e. The van der Waals surface area contributed by atoms with Gasteiger partial charge in [-0.15, -0.1) is 0 Å². The Bertz CT molecular complexity index is 387. The minimum absolute atomic E-state index is 0.732. The van der Waals surface area contributed by atoms with Gasteiger partial charge in [0.25, 0.3) is 0 Å². The van der Waals surface area contributed by atoms with Crippen molar-refractivity contribution in [1.82, 2.24) is 9.97 Å². The van der Waals surface area contributed by atoms with Crippen molar-refractivity contribution < 1.29 is 0 Å². The van der Waals surface area contributed by atoms with E-state index in [1.165, 1.54) is 0 Å². The molecular weight excluding hydrogens is 204 g/mol. The van der Waals surface area contributed by atoms with E-state index in [4.69, 9.17) is 0 Å². The molecule has 53 valence electrons. The van der Waals surface area contributed by atoms with Gasteiger partial charge in [-0.3, -0.25) is 0 Å². The number of aromatic nitrogens is 2. The predicted octanol–water partition coefficient (Wildman–Crippen LogP) is 2.19. The third-order valence-electron chi connectivity index (χ3n) is 1.37. The first-order valence-electron chi connectivity index (χ1n) is 3.14. The molecule has 0 atom stereocenters. The first-order chi connectivity index (χ1) is 5.36. The Hall–Kier alpha value is -0.960. The molecule has 1 radical (unpaired) electrons. The Labute approximate surface area is 72.4 Å². The Morgan fingerprint density at radius 1 is 1.45 bits per heavy atom. The van der Waals surface area contributed by atoms with Gasteiger partial charge in [0, 0.05) is 16.1 Å². The summed E-state index contributed by atoms with van der Waals surface area (Å²) in [5.41, 5.74) is 0.732. The molecular formula is C8H4BrN2. The Morgan fingerprint density at radius 3 is 3.27 bits per heavy atom. The molecule has 0 aliphatic heterocycles. The maximum atomic E-state index is 4.09. The molecule has 0 aromatic carbocycles. The van der Waals surface area contributed by atoms with Gasteiger partial charge in [-0.1, -0.05) is 0 Å². The summed E-state index contributed by atoms with van der Waals surface area (Å²) in [5, 5.41) is 1.03. The summed E-state index contributed by atoms with van der Waals surface area (Å²) in [5.74, 6) is 0. The topological polar surface area (TPSA) is 25.8 Å². The molecule has 0 aliphatic carbocycles. The smallest absolute Gasteiger partial charge is 0.159 e. The van der Waals surface area contributed by atoms with Crippen molar-refractivity contribution in [2.75, 3.05) is 0 Å². The van der Waals surface area contributed by atoms with Crippen LogP contribution < -0.4 is 0 Å². The highest BCUT2D eigenvalue weighted by Gasteiger charge is 1.93. The van der Waals surface area contributed by atoms with Crippen LogP contribution >= 0.6 is 15.9 Å². The standard InChI is InChI=1S/C8H4BrN2/c9-7-4-6-2-1-3-10-8(6)11-5-7/h1-2,4-5H. The van der Waals surface area contributed by atoms with Crippen molar-refractivity contribution in [2.24, 2.45) is 0 Å².